The fourth-order valence-electron chi connectivity index (χ4n) is 1.30. The van der Waals surface area contributed by atoms with Crippen molar-refractivity contribution in [3.63, 3.8) is 0 Å². The Bertz CT molecular complexity index is 468. The zero-order valence-corrected chi connectivity index (χ0v) is 8.64. The molecule has 0 unspecified atom stereocenters. The molecule has 15 heavy (non-hydrogen) atoms. The van der Waals surface area contributed by atoms with Crippen LogP contribution >= 0.6 is 0 Å². The highest BCUT2D eigenvalue weighted by Crippen LogP contribution is 2.07. The van der Waals surface area contributed by atoms with Gasteiger partial charge in [-0.25, -0.2) is 0 Å². The van der Waals surface area contributed by atoms with Gasteiger partial charge in [0.1, 0.15) is 11.4 Å². The van der Waals surface area contributed by atoms with Crippen LogP contribution in [0.1, 0.15) is 21.9 Å². The summed E-state index contributed by atoms with van der Waals surface area (Å²) in [6.45, 7) is 1.90. The van der Waals surface area contributed by atoms with Crippen LogP contribution in [0.4, 0.5) is 0 Å². The Morgan fingerprint density at radius 3 is 2.67 bits per heavy atom. The third-order valence-electron chi connectivity index (χ3n) is 2.24. The Morgan fingerprint density at radius 2 is 2.13 bits per heavy atom. The van der Waals surface area contributed by atoms with Crippen LogP contribution in [-0.4, -0.2) is 20.5 Å². The van der Waals surface area contributed by atoms with Crippen molar-refractivity contribution in [2.45, 2.75) is 6.92 Å². The first kappa shape index (κ1) is 9.58. The summed E-state index contributed by atoms with van der Waals surface area (Å²) in [6, 6.07) is 7.01. The van der Waals surface area contributed by atoms with Crippen molar-refractivity contribution in [1.29, 1.82) is 0 Å². The van der Waals surface area contributed by atoms with Crippen molar-refractivity contribution in [2.24, 2.45) is 7.05 Å². The lowest BCUT2D eigenvalue weighted by Gasteiger charge is -1.94. The molecular formula is C11H11N3O. The molecule has 0 aromatic carbocycles. The van der Waals surface area contributed by atoms with E-state index in [1.54, 1.807) is 35.1 Å². The zero-order chi connectivity index (χ0) is 10.8. The Kier molecular flexibility index (Phi) is 2.33. The zero-order valence-electron chi connectivity index (χ0n) is 8.64. The standard InChI is InChI=1S/C11H11N3O/c1-8-7-10(13-14(8)2)11(15)9-5-3-4-6-12-9/h3-7H,1-2H3. The van der Waals surface area contributed by atoms with Crippen molar-refractivity contribution in [3.05, 3.63) is 47.5 Å². The van der Waals surface area contributed by atoms with E-state index in [0.717, 1.165) is 5.69 Å². The predicted molar refractivity (Wildman–Crippen MR) is 55.6 cm³/mol. The molecule has 2 heterocycles. The SMILES string of the molecule is Cc1cc(C(=O)c2ccccn2)nn1C. The fraction of sp³-hybridized carbons (Fsp3) is 0.182. The topological polar surface area (TPSA) is 47.8 Å². The number of aromatic nitrogens is 3. The Hall–Kier alpha value is -1.97. The van der Waals surface area contributed by atoms with Crippen LogP contribution in [0.15, 0.2) is 30.5 Å². The molecule has 0 amide bonds. The van der Waals surface area contributed by atoms with Gasteiger partial charge < -0.3 is 0 Å². The first-order valence-corrected chi connectivity index (χ1v) is 4.65. The highest BCUT2D eigenvalue weighted by molar-refractivity contribution is 6.06. The van der Waals surface area contributed by atoms with E-state index in [4.69, 9.17) is 0 Å². The summed E-state index contributed by atoms with van der Waals surface area (Å²) in [7, 11) is 1.81. The average molecular weight is 201 g/mol. The molecule has 0 aliphatic carbocycles. The summed E-state index contributed by atoms with van der Waals surface area (Å²) >= 11 is 0. The maximum atomic E-state index is 11.9. The average Bonchev–Trinajstić information content (AvgIpc) is 2.59. The van der Waals surface area contributed by atoms with Gasteiger partial charge in [-0.1, -0.05) is 6.07 Å². The molecule has 0 saturated heterocycles. The lowest BCUT2D eigenvalue weighted by molar-refractivity contribution is 0.102. The minimum atomic E-state index is -0.140. The second-order valence-corrected chi connectivity index (χ2v) is 3.34. The van der Waals surface area contributed by atoms with E-state index in [1.807, 2.05) is 14.0 Å². The molecule has 2 aromatic heterocycles. The van der Waals surface area contributed by atoms with Crippen LogP contribution in [-0.2, 0) is 7.05 Å². The molecule has 0 spiro atoms. The molecule has 0 radical (unpaired) electrons. The molecule has 0 aliphatic rings. The highest BCUT2D eigenvalue weighted by atomic mass is 16.1. The lowest BCUT2D eigenvalue weighted by Crippen LogP contribution is -2.05. The third kappa shape index (κ3) is 1.79. The monoisotopic (exact) mass is 201 g/mol. The van der Waals surface area contributed by atoms with Gasteiger partial charge >= 0.3 is 0 Å². The Balaban J connectivity index is 2.37. The Labute approximate surface area is 87.6 Å². The molecular weight excluding hydrogens is 190 g/mol. The third-order valence-corrected chi connectivity index (χ3v) is 2.24. The number of aryl methyl sites for hydroxylation is 2. The molecule has 4 nitrogen and oxygen atoms in total. The van der Waals surface area contributed by atoms with Crippen LogP contribution in [0.25, 0.3) is 0 Å². The van der Waals surface area contributed by atoms with Crippen molar-refractivity contribution >= 4 is 5.78 Å². The number of rotatable bonds is 2. The van der Waals surface area contributed by atoms with Gasteiger partial charge in [-0.2, -0.15) is 5.10 Å². The number of hydrogen-bond donors (Lipinski definition) is 0. The van der Waals surface area contributed by atoms with Crippen LogP contribution in [0.2, 0.25) is 0 Å². The predicted octanol–water partition coefficient (Wildman–Crippen LogP) is 1.35. The second kappa shape index (κ2) is 3.65. The summed E-state index contributed by atoms with van der Waals surface area (Å²) in [6.07, 6.45) is 1.60. The van der Waals surface area contributed by atoms with E-state index in [1.165, 1.54) is 0 Å². The minimum Gasteiger partial charge on any atom is -0.285 e. The van der Waals surface area contributed by atoms with E-state index in [0.29, 0.717) is 11.4 Å². The molecule has 0 N–H and O–H groups in total. The molecule has 0 bridgehead atoms. The highest BCUT2D eigenvalue weighted by Gasteiger charge is 2.13. The second-order valence-electron chi connectivity index (χ2n) is 3.34. The van der Waals surface area contributed by atoms with Crippen LogP contribution in [0, 0.1) is 6.92 Å². The lowest BCUT2D eigenvalue weighted by atomic mass is 10.2. The first-order valence-electron chi connectivity index (χ1n) is 4.65. The minimum absolute atomic E-state index is 0.140. The van der Waals surface area contributed by atoms with E-state index in [-0.39, 0.29) is 5.78 Å². The normalized spacial score (nSPS) is 10.3. The van der Waals surface area contributed by atoms with Gasteiger partial charge in [-0.05, 0) is 25.1 Å². The van der Waals surface area contributed by atoms with Gasteiger partial charge in [0.15, 0.2) is 0 Å². The molecule has 4 heteroatoms. The van der Waals surface area contributed by atoms with E-state index >= 15 is 0 Å². The Morgan fingerprint density at radius 1 is 1.33 bits per heavy atom. The number of nitrogens with zero attached hydrogens (tertiary/aromatic N) is 3. The first-order chi connectivity index (χ1) is 7.18. The number of pyridine rings is 1. The van der Waals surface area contributed by atoms with Crippen molar-refractivity contribution < 1.29 is 4.79 Å². The van der Waals surface area contributed by atoms with Crippen LogP contribution in [0.5, 0.6) is 0 Å². The smallest absolute Gasteiger partial charge is 0.231 e. The van der Waals surface area contributed by atoms with E-state index in [9.17, 15) is 4.79 Å². The molecule has 0 fully saturated rings. The van der Waals surface area contributed by atoms with Gasteiger partial charge in [0, 0.05) is 18.9 Å². The van der Waals surface area contributed by atoms with Gasteiger partial charge in [0.2, 0.25) is 5.78 Å². The molecule has 2 aromatic rings. The summed E-state index contributed by atoms with van der Waals surface area (Å²) < 4.78 is 1.68. The molecule has 0 aliphatic heterocycles. The maximum absolute atomic E-state index is 11.9. The fourth-order valence-corrected chi connectivity index (χ4v) is 1.30. The van der Waals surface area contributed by atoms with Gasteiger partial charge in [0.25, 0.3) is 0 Å². The van der Waals surface area contributed by atoms with Gasteiger partial charge in [-0.3, -0.25) is 14.5 Å². The van der Waals surface area contributed by atoms with Crippen molar-refractivity contribution in [3.8, 4) is 0 Å². The van der Waals surface area contributed by atoms with Crippen molar-refractivity contribution in [1.82, 2.24) is 14.8 Å². The summed E-state index contributed by atoms with van der Waals surface area (Å²) in [5.74, 6) is -0.140. The molecule has 0 saturated carbocycles. The molecule has 76 valence electrons. The number of carbonyl (C=O) groups excluding carboxylic acids is 1. The van der Waals surface area contributed by atoms with Crippen molar-refractivity contribution in [2.75, 3.05) is 0 Å². The van der Waals surface area contributed by atoms with E-state index in [2.05, 4.69) is 10.1 Å². The number of ketones is 1. The summed E-state index contributed by atoms with van der Waals surface area (Å²) in [5, 5.41) is 4.11. The number of carbonyl (C=O) groups is 1. The molecule has 0 atom stereocenters. The maximum Gasteiger partial charge on any atom is 0.231 e. The quantitative estimate of drug-likeness (QED) is 0.689. The largest absolute Gasteiger partial charge is 0.285 e. The summed E-state index contributed by atoms with van der Waals surface area (Å²) in [5.41, 5.74) is 1.82. The van der Waals surface area contributed by atoms with E-state index < -0.39 is 0 Å². The molecule has 2 rings (SSSR count). The van der Waals surface area contributed by atoms with Gasteiger partial charge in [-0.15, -0.1) is 0 Å². The van der Waals surface area contributed by atoms with Gasteiger partial charge in [0.05, 0.1) is 0 Å². The summed E-state index contributed by atoms with van der Waals surface area (Å²) in [4.78, 5) is 15.9. The van der Waals surface area contributed by atoms with Crippen LogP contribution < -0.4 is 0 Å². The van der Waals surface area contributed by atoms with Crippen LogP contribution in [0.3, 0.4) is 0 Å². The number of hydrogen-bond acceptors (Lipinski definition) is 3.